The van der Waals surface area contributed by atoms with E-state index in [2.05, 4.69) is 0 Å². The highest BCUT2D eigenvalue weighted by atomic mass is 16.7. The standard InChI is InChI=1S/C14H18O4/c1-10(16-2)17-9-18-12-6-7-13-11(8-12)4-3-5-14(13)15/h6-8,10H,3-5,9H2,1-2H3. The number of fused-ring (bicyclic) bond motifs is 1. The van der Waals surface area contributed by atoms with Crippen LogP contribution < -0.4 is 4.74 Å². The lowest BCUT2D eigenvalue weighted by molar-refractivity contribution is -0.149. The quantitative estimate of drug-likeness (QED) is 0.753. The number of hydrogen-bond donors (Lipinski definition) is 0. The molecule has 98 valence electrons. The van der Waals surface area contributed by atoms with Crippen molar-refractivity contribution < 1.29 is 19.0 Å². The monoisotopic (exact) mass is 250 g/mol. The van der Waals surface area contributed by atoms with Crippen LogP contribution in [0.1, 0.15) is 35.7 Å². The second kappa shape index (κ2) is 5.98. The van der Waals surface area contributed by atoms with E-state index in [0.717, 1.165) is 29.7 Å². The molecule has 1 aliphatic rings. The van der Waals surface area contributed by atoms with Crippen LogP contribution in [0.5, 0.6) is 5.75 Å². The minimum absolute atomic E-state index is 0.141. The first kappa shape index (κ1) is 13.1. The second-order valence-corrected chi connectivity index (χ2v) is 4.33. The van der Waals surface area contributed by atoms with Gasteiger partial charge in [-0.3, -0.25) is 4.79 Å². The largest absolute Gasteiger partial charge is 0.467 e. The lowest BCUT2D eigenvalue weighted by Crippen LogP contribution is -2.15. The molecule has 0 heterocycles. The molecule has 1 aromatic rings. The van der Waals surface area contributed by atoms with E-state index in [0.29, 0.717) is 6.42 Å². The highest BCUT2D eigenvalue weighted by Crippen LogP contribution is 2.25. The summed E-state index contributed by atoms with van der Waals surface area (Å²) >= 11 is 0. The average molecular weight is 250 g/mol. The van der Waals surface area contributed by atoms with Gasteiger partial charge >= 0.3 is 0 Å². The number of ether oxygens (including phenoxy) is 3. The van der Waals surface area contributed by atoms with Crippen LogP contribution in [0.4, 0.5) is 0 Å². The van der Waals surface area contributed by atoms with Crippen molar-refractivity contribution in [1.29, 1.82) is 0 Å². The normalized spacial score (nSPS) is 16.2. The van der Waals surface area contributed by atoms with E-state index in [1.165, 1.54) is 0 Å². The molecular weight excluding hydrogens is 232 g/mol. The van der Waals surface area contributed by atoms with E-state index >= 15 is 0 Å². The van der Waals surface area contributed by atoms with Crippen molar-refractivity contribution in [2.45, 2.75) is 32.5 Å². The lowest BCUT2D eigenvalue weighted by Gasteiger charge is -2.16. The molecule has 0 fully saturated rings. The van der Waals surface area contributed by atoms with Crippen LogP contribution in [0.2, 0.25) is 0 Å². The van der Waals surface area contributed by atoms with Crippen LogP contribution in [-0.2, 0) is 15.9 Å². The number of benzene rings is 1. The molecule has 0 saturated carbocycles. The fraction of sp³-hybridized carbons (Fsp3) is 0.500. The fourth-order valence-electron chi connectivity index (χ4n) is 1.98. The highest BCUT2D eigenvalue weighted by molar-refractivity contribution is 5.98. The Morgan fingerprint density at radius 3 is 2.94 bits per heavy atom. The van der Waals surface area contributed by atoms with Gasteiger partial charge in [-0.05, 0) is 43.5 Å². The molecule has 0 saturated heterocycles. The van der Waals surface area contributed by atoms with Gasteiger partial charge in [0.2, 0.25) is 0 Å². The van der Waals surface area contributed by atoms with Gasteiger partial charge in [0.1, 0.15) is 5.75 Å². The van der Waals surface area contributed by atoms with E-state index < -0.39 is 0 Å². The minimum Gasteiger partial charge on any atom is -0.467 e. The number of aryl methyl sites for hydroxylation is 1. The van der Waals surface area contributed by atoms with E-state index in [9.17, 15) is 4.79 Å². The maximum Gasteiger partial charge on any atom is 0.191 e. The minimum atomic E-state index is -0.288. The summed E-state index contributed by atoms with van der Waals surface area (Å²) < 4.78 is 15.7. The number of Topliss-reactive ketones (excluding diaryl/α,β-unsaturated/α-hetero) is 1. The van der Waals surface area contributed by atoms with Crippen molar-refractivity contribution >= 4 is 5.78 Å². The molecule has 0 spiro atoms. The Morgan fingerprint density at radius 1 is 1.33 bits per heavy atom. The van der Waals surface area contributed by atoms with Crippen molar-refractivity contribution in [3.8, 4) is 5.75 Å². The van der Waals surface area contributed by atoms with Crippen molar-refractivity contribution in [2.24, 2.45) is 0 Å². The summed E-state index contributed by atoms with van der Waals surface area (Å²) in [6.07, 6.45) is 2.23. The summed E-state index contributed by atoms with van der Waals surface area (Å²) in [5.74, 6) is 0.957. The molecule has 0 bridgehead atoms. The van der Waals surface area contributed by atoms with Gasteiger partial charge in [0.25, 0.3) is 0 Å². The third-order valence-electron chi connectivity index (χ3n) is 3.09. The molecule has 0 aromatic heterocycles. The molecular formula is C14H18O4. The Kier molecular flexibility index (Phi) is 4.33. The first-order valence-corrected chi connectivity index (χ1v) is 6.14. The van der Waals surface area contributed by atoms with E-state index in [4.69, 9.17) is 14.2 Å². The lowest BCUT2D eigenvalue weighted by atomic mass is 9.91. The van der Waals surface area contributed by atoms with Crippen LogP contribution in [0.3, 0.4) is 0 Å². The molecule has 0 N–H and O–H groups in total. The Bertz CT molecular complexity index is 428. The molecule has 1 atom stereocenters. The number of methoxy groups -OCH3 is 1. The molecule has 1 unspecified atom stereocenters. The third-order valence-corrected chi connectivity index (χ3v) is 3.09. The van der Waals surface area contributed by atoms with E-state index in [-0.39, 0.29) is 18.9 Å². The average Bonchev–Trinajstić information content (AvgIpc) is 2.38. The summed E-state index contributed by atoms with van der Waals surface area (Å²) in [5, 5.41) is 0. The fourth-order valence-corrected chi connectivity index (χ4v) is 1.98. The zero-order valence-corrected chi connectivity index (χ0v) is 10.8. The number of carbonyl (C=O) groups is 1. The number of hydrogen-bond acceptors (Lipinski definition) is 4. The number of carbonyl (C=O) groups excluding carboxylic acids is 1. The molecule has 0 radical (unpaired) electrons. The predicted molar refractivity (Wildman–Crippen MR) is 66.8 cm³/mol. The summed E-state index contributed by atoms with van der Waals surface area (Å²) in [7, 11) is 1.58. The predicted octanol–water partition coefficient (Wildman–Crippen LogP) is 2.55. The van der Waals surface area contributed by atoms with Crippen LogP contribution in [0, 0.1) is 0 Å². The maximum atomic E-state index is 11.7. The van der Waals surface area contributed by atoms with Crippen LogP contribution in [-0.4, -0.2) is 26.0 Å². The summed E-state index contributed by atoms with van der Waals surface area (Å²) in [6.45, 7) is 1.94. The second-order valence-electron chi connectivity index (χ2n) is 4.33. The van der Waals surface area contributed by atoms with E-state index in [1.807, 2.05) is 18.2 Å². The van der Waals surface area contributed by atoms with Crippen molar-refractivity contribution in [1.82, 2.24) is 0 Å². The summed E-state index contributed by atoms with van der Waals surface area (Å²) in [5.41, 5.74) is 1.91. The zero-order chi connectivity index (χ0) is 13.0. The Morgan fingerprint density at radius 2 is 2.17 bits per heavy atom. The maximum absolute atomic E-state index is 11.7. The van der Waals surface area contributed by atoms with Crippen LogP contribution in [0.15, 0.2) is 18.2 Å². The van der Waals surface area contributed by atoms with Gasteiger partial charge in [0, 0.05) is 19.1 Å². The van der Waals surface area contributed by atoms with Crippen LogP contribution in [0.25, 0.3) is 0 Å². The topological polar surface area (TPSA) is 44.8 Å². The molecule has 1 aromatic carbocycles. The molecule has 2 rings (SSSR count). The SMILES string of the molecule is COC(C)OCOc1ccc2c(c1)CCCC2=O. The Hall–Kier alpha value is -1.39. The van der Waals surface area contributed by atoms with E-state index in [1.54, 1.807) is 14.0 Å². The van der Waals surface area contributed by atoms with Gasteiger partial charge in [-0.1, -0.05) is 0 Å². The highest BCUT2D eigenvalue weighted by Gasteiger charge is 2.17. The number of ketones is 1. The van der Waals surface area contributed by atoms with Gasteiger partial charge in [-0.25, -0.2) is 0 Å². The van der Waals surface area contributed by atoms with Gasteiger partial charge in [-0.15, -0.1) is 0 Å². The zero-order valence-electron chi connectivity index (χ0n) is 10.8. The molecule has 4 nitrogen and oxygen atoms in total. The van der Waals surface area contributed by atoms with Crippen molar-refractivity contribution in [2.75, 3.05) is 13.9 Å². The Balaban J connectivity index is 1.96. The molecule has 4 heteroatoms. The third kappa shape index (κ3) is 3.09. The molecule has 1 aliphatic carbocycles. The van der Waals surface area contributed by atoms with Crippen molar-refractivity contribution in [3.05, 3.63) is 29.3 Å². The van der Waals surface area contributed by atoms with Crippen molar-refractivity contribution in [3.63, 3.8) is 0 Å². The van der Waals surface area contributed by atoms with Crippen LogP contribution >= 0.6 is 0 Å². The van der Waals surface area contributed by atoms with Gasteiger partial charge < -0.3 is 14.2 Å². The summed E-state index contributed by atoms with van der Waals surface area (Å²) in [6, 6.07) is 5.57. The summed E-state index contributed by atoms with van der Waals surface area (Å²) in [4.78, 5) is 11.7. The first-order valence-electron chi connectivity index (χ1n) is 6.14. The molecule has 0 amide bonds. The first-order chi connectivity index (χ1) is 8.70. The van der Waals surface area contributed by atoms with Gasteiger partial charge in [0.05, 0.1) is 0 Å². The molecule has 18 heavy (non-hydrogen) atoms. The Labute approximate surface area is 107 Å². The van der Waals surface area contributed by atoms with Gasteiger partial charge in [-0.2, -0.15) is 0 Å². The molecule has 0 aliphatic heterocycles. The van der Waals surface area contributed by atoms with Gasteiger partial charge in [0.15, 0.2) is 18.9 Å². The number of rotatable bonds is 5. The smallest absolute Gasteiger partial charge is 0.191 e.